The van der Waals surface area contributed by atoms with Gasteiger partial charge >= 0.3 is 0 Å². The Kier molecular flexibility index (Phi) is 3.64. The standard InChI is InChI=1S/C12H18ClN3/c1-9-8-11(15-12(13)14-9)16-7-5-3-4-6-10(16)2/h8,10H,3-7H2,1-2H3. The molecule has 0 N–H and O–H groups in total. The lowest BCUT2D eigenvalue weighted by atomic mass is 10.1. The maximum atomic E-state index is 5.91. The van der Waals surface area contributed by atoms with Crippen LogP contribution in [0.4, 0.5) is 5.82 Å². The number of anilines is 1. The van der Waals surface area contributed by atoms with E-state index in [2.05, 4.69) is 21.8 Å². The SMILES string of the molecule is Cc1cc(N2CCCCCC2C)nc(Cl)n1. The van der Waals surface area contributed by atoms with Gasteiger partial charge in [0.2, 0.25) is 5.28 Å². The van der Waals surface area contributed by atoms with Crippen molar-refractivity contribution in [2.75, 3.05) is 11.4 Å². The monoisotopic (exact) mass is 239 g/mol. The van der Waals surface area contributed by atoms with Gasteiger partial charge in [-0.05, 0) is 38.3 Å². The van der Waals surface area contributed by atoms with Crippen LogP contribution in [-0.4, -0.2) is 22.6 Å². The molecule has 0 aromatic carbocycles. The van der Waals surface area contributed by atoms with Crippen molar-refractivity contribution < 1.29 is 0 Å². The largest absolute Gasteiger partial charge is 0.354 e. The molecule has 4 heteroatoms. The van der Waals surface area contributed by atoms with Gasteiger partial charge in [-0.3, -0.25) is 0 Å². The summed E-state index contributed by atoms with van der Waals surface area (Å²) in [5, 5.41) is 0.353. The lowest BCUT2D eigenvalue weighted by Crippen LogP contribution is -2.33. The average molecular weight is 240 g/mol. The molecular weight excluding hydrogens is 222 g/mol. The molecular formula is C12H18ClN3. The van der Waals surface area contributed by atoms with Gasteiger partial charge in [0.1, 0.15) is 5.82 Å². The molecule has 16 heavy (non-hydrogen) atoms. The summed E-state index contributed by atoms with van der Waals surface area (Å²) in [5.74, 6) is 0.979. The number of rotatable bonds is 1. The summed E-state index contributed by atoms with van der Waals surface area (Å²) in [5.41, 5.74) is 0.937. The van der Waals surface area contributed by atoms with Crippen LogP contribution in [0, 0.1) is 6.92 Å². The van der Waals surface area contributed by atoms with Crippen molar-refractivity contribution in [3.8, 4) is 0 Å². The summed E-state index contributed by atoms with van der Waals surface area (Å²) in [6.07, 6.45) is 5.11. The average Bonchev–Trinajstić information content (AvgIpc) is 2.41. The molecule has 88 valence electrons. The van der Waals surface area contributed by atoms with Gasteiger partial charge in [0.25, 0.3) is 0 Å². The fraction of sp³-hybridized carbons (Fsp3) is 0.667. The molecule has 1 saturated heterocycles. The minimum atomic E-state index is 0.353. The Bertz CT molecular complexity index is 347. The normalized spacial score (nSPS) is 21.9. The van der Waals surface area contributed by atoms with E-state index in [4.69, 9.17) is 11.6 Å². The first-order chi connectivity index (χ1) is 7.66. The van der Waals surface area contributed by atoms with E-state index in [1.54, 1.807) is 0 Å². The van der Waals surface area contributed by atoms with Crippen LogP contribution in [0.5, 0.6) is 0 Å². The molecule has 1 unspecified atom stereocenters. The van der Waals surface area contributed by atoms with Gasteiger partial charge in [-0.15, -0.1) is 0 Å². The maximum Gasteiger partial charge on any atom is 0.224 e. The van der Waals surface area contributed by atoms with Crippen molar-refractivity contribution in [3.05, 3.63) is 17.0 Å². The number of aryl methyl sites for hydroxylation is 1. The van der Waals surface area contributed by atoms with Crippen molar-refractivity contribution in [3.63, 3.8) is 0 Å². The second kappa shape index (κ2) is 5.00. The summed E-state index contributed by atoms with van der Waals surface area (Å²) in [6, 6.07) is 2.57. The van der Waals surface area contributed by atoms with E-state index in [-0.39, 0.29) is 0 Å². The Labute approximate surface area is 102 Å². The van der Waals surface area contributed by atoms with Crippen molar-refractivity contribution in [2.24, 2.45) is 0 Å². The molecule has 1 aliphatic heterocycles. The summed E-state index contributed by atoms with van der Waals surface area (Å²) < 4.78 is 0. The number of hydrogen-bond donors (Lipinski definition) is 0. The number of hydrogen-bond acceptors (Lipinski definition) is 3. The van der Waals surface area contributed by atoms with E-state index in [1.807, 2.05) is 13.0 Å². The van der Waals surface area contributed by atoms with Crippen LogP contribution >= 0.6 is 11.6 Å². The van der Waals surface area contributed by atoms with Crippen LogP contribution in [0.15, 0.2) is 6.07 Å². The Balaban J connectivity index is 2.26. The minimum Gasteiger partial charge on any atom is -0.354 e. The van der Waals surface area contributed by atoms with E-state index in [1.165, 1.54) is 25.7 Å². The summed E-state index contributed by atoms with van der Waals surface area (Å²) in [6.45, 7) is 5.30. The molecule has 2 heterocycles. The van der Waals surface area contributed by atoms with Crippen LogP contribution in [0.1, 0.15) is 38.3 Å². The van der Waals surface area contributed by atoms with Crippen LogP contribution < -0.4 is 4.90 Å². The Hall–Kier alpha value is -0.830. The van der Waals surface area contributed by atoms with Gasteiger partial charge in [0, 0.05) is 24.3 Å². The van der Waals surface area contributed by atoms with Crippen molar-refractivity contribution in [2.45, 2.75) is 45.6 Å². The van der Waals surface area contributed by atoms with E-state index in [9.17, 15) is 0 Å². The number of aromatic nitrogens is 2. The molecule has 0 amide bonds. The van der Waals surface area contributed by atoms with Gasteiger partial charge in [0.05, 0.1) is 0 Å². The zero-order chi connectivity index (χ0) is 11.5. The molecule has 1 aromatic heterocycles. The summed E-state index contributed by atoms with van der Waals surface area (Å²) >= 11 is 5.91. The van der Waals surface area contributed by atoms with Gasteiger partial charge < -0.3 is 4.90 Å². The molecule has 0 saturated carbocycles. The van der Waals surface area contributed by atoms with Gasteiger partial charge in [-0.25, -0.2) is 9.97 Å². The Morgan fingerprint density at radius 1 is 1.31 bits per heavy atom. The van der Waals surface area contributed by atoms with E-state index in [0.717, 1.165) is 18.1 Å². The highest BCUT2D eigenvalue weighted by atomic mass is 35.5. The third-order valence-corrected chi connectivity index (χ3v) is 3.33. The second-order valence-corrected chi connectivity index (χ2v) is 4.87. The second-order valence-electron chi connectivity index (χ2n) is 4.53. The molecule has 0 bridgehead atoms. The predicted octanol–water partition coefficient (Wildman–Crippen LogP) is 3.21. The summed E-state index contributed by atoms with van der Waals surface area (Å²) in [4.78, 5) is 10.8. The lowest BCUT2D eigenvalue weighted by molar-refractivity contribution is 0.610. The smallest absolute Gasteiger partial charge is 0.224 e. The van der Waals surface area contributed by atoms with E-state index < -0.39 is 0 Å². The maximum absolute atomic E-state index is 5.91. The van der Waals surface area contributed by atoms with Crippen molar-refractivity contribution >= 4 is 17.4 Å². The van der Waals surface area contributed by atoms with Crippen molar-refractivity contribution in [1.29, 1.82) is 0 Å². The first-order valence-corrected chi connectivity index (χ1v) is 6.32. The molecule has 0 aliphatic carbocycles. The topological polar surface area (TPSA) is 29.0 Å². The van der Waals surface area contributed by atoms with Gasteiger partial charge in [0.15, 0.2) is 0 Å². The van der Waals surface area contributed by atoms with Gasteiger partial charge in [-0.1, -0.05) is 12.8 Å². The fourth-order valence-corrected chi connectivity index (χ4v) is 2.50. The highest BCUT2D eigenvalue weighted by Gasteiger charge is 2.18. The molecule has 0 radical (unpaired) electrons. The highest BCUT2D eigenvalue weighted by Crippen LogP contribution is 2.23. The molecule has 1 atom stereocenters. The molecule has 3 nitrogen and oxygen atoms in total. The third kappa shape index (κ3) is 2.64. The van der Waals surface area contributed by atoms with Crippen LogP contribution in [0.2, 0.25) is 5.28 Å². The Morgan fingerprint density at radius 2 is 2.12 bits per heavy atom. The zero-order valence-corrected chi connectivity index (χ0v) is 10.7. The van der Waals surface area contributed by atoms with Crippen LogP contribution in [-0.2, 0) is 0 Å². The third-order valence-electron chi connectivity index (χ3n) is 3.16. The van der Waals surface area contributed by atoms with Crippen LogP contribution in [0.3, 0.4) is 0 Å². The zero-order valence-electron chi connectivity index (χ0n) is 9.91. The fourth-order valence-electron chi connectivity index (χ4n) is 2.28. The summed E-state index contributed by atoms with van der Waals surface area (Å²) in [7, 11) is 0. The molecule has 0 spiro atoms. The first kappa shape index (κ1) is 11.6. The number of nitrogens with zero attached hydrogens (tertiary/aromatic N) is 3. The Morgan fingerprint density at radius 3 is 2.88 bits per heavy atom. The number of halogens is 1. The molecule has 2 rings (SSSR count). The van der Waals surface area contributed by atoms with Crippen LogP contribution in [0.25, 0.3) is 0 Å². The van der Waals surface area contributed by atoms with E-state index in [0.29, 0.717) is 11.3 Å². The first-order valence-electron chi connectivity index (χ1n) is 5.94. The van der Waals surface area contributed by atoms with Gasteiger partial charge in [-0.2, -0.15) is 0 Å². The minimum absolute atomic E-state index is 0.353. The quantitative estimate of drug-likeness (QED) is 0.705. The predicted molar refractivity (Wildman–Crippen MR) is 67.1 cm³/mol. The molecule has 1 aliphatic rings. The van der Waals surface area contributed by atoms with Crippen molar-refractivity contribution in [1.82, 2.24) is 9.97 Å². The highest BCUT2D eigenvalue weighted by molar-refractivity contribution is 6.28. The molecule has 1 fully saturated rings. The lowest BCUT2D eigenvalue weighted by Gasteiger charge is -2.28. The molecule has 1 aromatic rings. The van der Waals surface area contributed by atoms with E-state index >= 15 is 0 Å².